The minimum atomic E-state index is -0.726. The quantitative estimate of drug-likeness (QED) is 0.867. The molecule has 0 saturated carbocycles. The van der Waals surface area contributed by atoms with Crippen LogP contribution in [0.4, 0.5) is 19.3 Å². The lowest BCUT2D eigenvalue weighted by Gasteiger charge is -2.18. The number of rotatable bonds is 4. The van der Waals surface area contributed by atoms with Gasteiger partial charge in [0.15, 0.2) is 0 Å². The van der Waals surface area contributed by atoms with Crippen LogP contribution >= 0.6 is 11.3 Å². The molecule has 2 aromatic rings. The van der Waals surface area contributed by atoms with Crippen LogP contribution in [0.2, 0.25) is 0 Å². The second-order valence-corrected chi connectivity index (χ2v) is 5.59. The molecule has 1 aromatic heterocycles. The molecule has 0 aliphatic rings. The number of hydrogen-bond donors (Lipinski definition) is 1. The number of amides is 2. The van der Waals surface area contributed by atoms with Gasteiger partial charge in [0.25, 0.3) is 0 Å². The minimum Gasteiger partial charge on any atom is -0.465 e. The van der Waals surface area contributed by atoms with Gasteiger partial charge in [0.05, 0.1) is 12.8 Å². The van der Waals surface area contributed by atoms with E-state index in [0.717, 1.165) is 23.5 Å². The van der Waals surface area contributed by atoms with Gasteiger partial charge in [-0.05, 0) is 17.5 Å². The second-order valence-electron chi connectivity index (χ2n) is 4.68. The van der Waals surface area contributed by atoms with E-state index in [1.54, 1.807) is 11.4 Å². The molecule has 2 amide bonds. The van der Waals surface area contributed by atoms with Crippen molar-refractivity contribution < 1.29 is 23.1 Å². The molecule has 0 atom stereocenters. The number of carbonyl (C=O) groups excluding carboxylic acids is 2. The van der Waals surface area contributed by atoms with Gasteiger partial charge in [0, 0.05) is 25.2 Å². The number of methoxy groups -OCH3 is 1. The van der Waals surface area contributed by atoms with Crippen molar-refractivity contribution in [2.75, 3.05) is 19.5 Å². The summed E-state index contributed by atoms with van der Waals surface area (Å²) in [5.74, 6) is -1.96. The fraction of sp³-hybridized carbons (Fsp3) is 0.200. The number of carbonyl (C=O) groups is 2. The van der Waals surface area contributed by atoms with Gasteiger partial charge in [0.1, 0.15) is 16.5 Å². The molecule has 0 bridgehead atoms. The molecule has 5 nitrogen and oxygen atoms in total. The Balaban J connectivity index is 2.06. The third kappa shape index (κ3) is 4.04. The standard InChI is InChI=1S/C15H14F2N2O3S/c1-19(8-9-3-4-10(16)7-11(9)17)15(21)18-12-5-6-23-13(12)14(20)22-2/h3-7H,8H2,1-2H3,(H,18,21). The lowest BCUT2D eigenvalue weighted by Crippen LogP contribution is -2.31. The molecule has 1 N–H and O–H groups in total. The zero-order valence-electron chi connectivity index (χ0n) is 12.4. The van der Waals surface area contributed by atoms with Crippen LogP contribution in [-0.2, 0) is 11.3 Å². The van der Waals surface area contributed by atoms with Gasteiger partial charge in [0.2, 0.25) is 0 Å². The highest BCUT2D eigenvalue weighted by Crippen LogP contribution is 2.23. The van der Waals surface area contributed by atoms with Crippen molar-refractivity contribution in [3.05, 3.63) is 51.7 Å². The van der Waals surface area contributed by atoms with Crippen molar-refractivity contribution in [2.45, 2.75) is 6.54 Å². The van der Waals surface area contributed by atoms with Crippen molar-refractivity contribution in [3.8, 4) is 0 Å². The summed E-state index contributed by atoms with van der Waals surface area (Å²) < 4.78 is 31.1. The van der Waals surface area contributed by atoms with Crippen LogP contribution in [0.15, 0.2) is 29.6 Å². The lowest BCUT2D eigenvalue weighted by atomic mass is 10.2. The van der Waals surface area contributed by atoms with Gasteiger partial charge >= 0.3 is 12.0 Å². The molecular weight excluding hydrogens is 326 g/mol. The first-order valence-corrected chi connectivity index (χ1v) is 7.42. The zero-order valence-corrected chi connectivity index (χ0v) is 13.2. The van der Waals surface area contributed by atoms with Gasteiger partial charge in [-0.1, -0.05) is 6.07 Å². The first-order valence-electron chi connectivity index (χ1n) is 6.54. The smallest absolute Gasteiger partial charge is 0.350 e. The minimum absolute atomic E-state index is 0.0460. The Morgan fingerprint density at radius 2 is 2.04 bits per heavy atom. The van der Waals surface area contributed by atoms with Crippen LogP contribution in [0.3, 0.4) is 0 Å². The molecule has 122 valence electrons. The highest BCUT2D eigenvalue weighted by molar-refractivity contribution is 7.12. The molecule has 0 unspecified atom stereocenters. The maximum atomic E-state index is 13.6. The van der Waals surface area contributed by atoms with Crippen LogP contribution in [-0.4, -0.2) is 31.1 Å². The Morgan fingerprint density at radius 1 is 1.30 bits per heavy atom. The fourth-order valence-corrected chi connectivity index (χ4v) is 2.61. The van der Waals surface area contributed by atoms with Crippen LogP contribution in [0.5, 0.6) is 0 Å². The summed E-state index contributed by atoms with van der Waals surface area (Å²) in [6, 6.07) is 4.20. The van der Waals surface area contributed by atoms with Gasteiger partial charge in [-0.25, -0.2) is 18.4 Å². The van der Waals surface area contributed by atoms with Gasteiger partial charge in [-0.2, -0.15) is 0 Å². The number of nitrogens with zero attached hydrogens (tertiary/aromatic N) is 1. The number of anilines is 1. The summed E-state index contributed by atoms with van der Waals surface area (Å²) in [5, 5.41) is 4.20. The molecule has 1 heterocycles. The van der Waals surface area contributed by atoms with Crippen molar-refractivity contribution in [3.63, 3.8) is 0 Å². The monoisotopic (exact) mass is 340 g/mol. The third-order valence-corrected chi connectivity index (χ3v) is 3.94. The average Bonchev–Trinajstić information content (AvgIpc) is 2.97. The highest BCUT2D eigenvalue weighted by Gasteiger charge is 2.18. The molecule has 0 radical (unpaired) electrons. The van der Waals surface area contributed by atoms with E-state index in [4.69, 9.17) is 0 Å². The number of esters is 1. The van der Waals surface area contributed by atoms with Crippen LogP contribution in [0.1, 0.15) is 15.2 Å². The molecule has 0 aliphatic carbocycles. The number of urea groups is 1. The maximum absolute atomic E-state index is 13.6. The van der Waals surface area contributed by atoms with Crippen LogP contribution < -0.4 is 5.32 Å². The topological polar surface area (TPSA) is 58.6 Å². The second kappa shape index (κ2) is 7.19. The van der Waals surface area contributed by atoms with E-state index in [-0.39, 0.29) is 17.0 Å². The van der Waals surface area contributed by atoms with E-state index in [1.165, 1.54) is 25.1 Å². The predicted octanol–water partition coefficient (Wildman–Crippen LogP) is 3.48. The average molecular weight is 340 g/mol. The highest BCUT2D eigenvalue weighted by atomic mass is 32.1. The summed E-state index contributed by atoms with van der Waals surface area (Å²) >= 11 is 1.13. The molecule has 0 fully saturated rings. The molecule has 0 aliphatic heterocycles. The van der Waals surface area contributed by atoms with E-state index in [9.17, 15) is 18.4 Å². The van der Waals surface area contributed by atoms with Crippen molar-refractivity contribution >= 4 is 29.0 Å². The zero-order chi connectivity index (χ0) is 17.0. The summed E-state index contributed by atoms with van der Waals surface area (Å²) in [6.07, 6.45) is 0. The fourth-order valence-electron chi connectivity index (χ4n) is 1.85. The van der Waals surface area contributed by atoms with Crippen molar-refractivity contribution in [2.24, 2.45) is 0 Å². The summed E-state index contributed by atoms with van der Waals surface area (Å²) in [7, 11) is 2.71. The van der Waals surface area contributed by atoms with Crippen molar-refractivity contribution in [1.82, 2.24) is 4.90 Å². The number of benzene rings is 1. The molecule has 0 saturated heterocycles. The Labute approximate surface area is 135 Å². The summed E-state index contributed by atoms with van der Waals surface area (Å²) in [5.41, 5.74) is 0.501. The summed E-state index contributed by atoms with van der Waals surface area (Å²) in [4.78, 5) is 25.2. The SMILES string of the molecule is COC(=O)c1sccc1NC(=O)N(C)Cc1ccc(F)cc1F. The molecule has 1 aromatic carbocycles. The largest absolute Gasteiger partial charge is 0.465 e. The molecule has 0 spiro atoms. The van der Waals surface area contributed by atoms with Crippen molar-refractivity contribution in [1.29, 1.82) is 0 Å². The Bertz CT molecular complexity index is 733. The number of nitrogens with one attached hydrogen (secondary N) is 1. The van der Waals surface area contributed by atoms with Gasteiger partial charge in [-0.3, -0.25) is 0 Å². The van der Waals surface area contributed by atoms with E-state index in [1.807, 2.05) is 0 Å². The van der Waals surface area contributed by atoms with Crippen LogP contribution in [0.25, 0.3) is 0 Å². The Hall–Kier alpha value is -2.48. The third-order valence-electron chi connectivity index (χ3n) is 3.05. The maximum Gasteiger partial charge on any atom is 0.350 e. The Morgan fingerprint density at radius 3 is 2.70 bits per heavy atom. The molecular formula is C15H14F2N2O3S. The molecule has 23 heavy (non-hydrogen) atoms. The van der Waals surface area contributed by atoms with Gasteiger partial charge in [-0.15, -0.1) is 11.3 Å². The Kier molecular flexibility index (Phi) is 5.28. The number of hydrogen-bond acceptors (Lipinski definition) is 4. The van der Waals surface area contributed by atoms with E-state index in [0.29, 0.717) is 5.69 Å². The number of ether oxygens (including phenoxy) is 1. The van der Waals surface area contributed by atoms with E-state index >= 15 is 0 Å². The molecule has 2 rings (SSSR count). The number of halogens is 2. The van der Waals surface area contributed by atoms with Crippen LogP contribution in [0, 0.1) is 11.6 Å². The predicted molar refractivity (Wildman–Crippen MR) is 82.5 cm³/mol. The number of thiophene rings is 1. The first-order chi connectivity index (χ1) is 10.9. The first kappa shape index (κ1) is 16.9. The molecule has 8 heteroatoms. The summed E-state index contributed by atoms with van der Waals surface area (Å²) in [6.45, 7) is -0.0460. The van der Waals surface area contributed by atoms with E-state index in [2.05, 4.69) is 10.1 Å². The normalized spacial score (nSPS) is 10.3. The van der Waals surface area contributed by atoms with E-state index < -0.39 is 23.6 Å². The lowest BCUT2D eigenvalue weighted by molar-refractivity contribution is 0.0607. The van der Waals surface area contributed by atoms with Gasteiger partial charge < -0.3 is 15.0 Å².